The molecule has 0 fully saturated rings. The van der Waals surface area contributed by atoms with Gasteiger partial charge in [0.25, 0.3) is 0 Å². The zero-order valence-electron chi connectivity index (χ0n) is 10.3. The topological polar surface area (TPSA) is 55.4 Å². The summed E-state index contributed by atoms with van der Waals surface area (Å²) < 4.78 is 4.63. The molecule has 0 saturated heterocycles. The van der Waals surface area contributed by atoms with E-state index in [1.807, 2.05) is 0 Å². The lowest BCUT2D eigenvalue weighted by molar-refractivity contribution is -0.146. The van der Waals surface area contributed by atoms with E-state index in [4.69, 9.17) is 11.6 Å². The predicted molar refractivity (Wildman–Crippen MR) is 63.4 cm³/mol. The van der Waals surface area contributed by atoms with E-state index in [0.717, 1.165) is 0 Å². The third kappa shape index (κ3) is 5.35. The fraction of sp³-hybridized carbons (Fsp3) is 0.818. The largest absolute Gasteiger partial charge is 0.467 e. The Morgan fingerprint density at radius 1 is 1.38 bits per heavy atom. The third-order valence-electron chi connectivity index (χ3n) is 2.10. The third-order valence-corrected chi connectivity index (χ3v) is 2.37. The predicted octanol–water partition coefficient (Wildman–Crippen LogP) is 1.71. The number of halogens is 1. The summed E-state index contributed by atoms with van der Waals surface area (Å²) >= 11 is 5.56. The van der Waals surface area contributed by atoms with Gasteiger partial charge in [-0.3, -0.25) is 4.79 Å². The van der Waals surface area contributed by atoms with Crippen LogP contribution in [-0.4, -0.2) is 30.9 Å². The van der Waals surface area contributed by atoms with Gasteiger partial charge in [-0.2, -0.15) is 0 Å². The quantitative estimate of drug-likeness (QED) is 0.596. The lowest BCUT2D eigenvalue weighted by Crippen LogP contribution is -2.46. The molecule has 5 heteroatoms. The molecule has 0 heterocycles. The molecule has 0 saturated carbocycles. The molecule has 1 amide bonds. The lowest BCUT2D eigenvalue weighted by atomic mass is 9.95. The van der Waals surface area contributed by atoms with Crippen molar-refractivity contribution < 1.29 is 14.3 Å². The van der Waals surface area contributed by atoms with Crippen LogP contribution in [0.15, 0.2) is 0 Å². The normalized spacial score (nSPS) is 13.1. The molecular formula is C11H20ClNO3. The van der Waals surface area contributed by atoms with Crippen molar-refractivity contribution in [2.24, 2.45) is 5.41 Å². The van der Waals surface area contributed by atoms with E-state index in [2.05, 4.69) is 10.1 Å². The van der Waals surface area contributed by atoms with Gasteiger partial charge in [-0.1, -0.05) is 20.8 Å². The number of amides is 1. The second-order valence-corrected chi connectivity index (χ2v) is 5.01. The molecule has 0 rings (SSSR count). The first-order valence-corrected chi connectivity index (χ1v) is 5.81. The van der Waals surface area contributed by atoms with Crippen molar-refractivity contribution >= 4 is 23.5 Å². The second kappa shape index (κ2) is 6.74. The van der Waals surface area contributed by atoms with Gasteiger partial charge in [0.2, 0.25) is 5.91 Å². The van der Waals surface area contributed by atoms with Crippen molar-refractivity contribution in [3.05, 3.63) is 0 Å². The molecule has 94 valence electrons. The van der Waals surface area contributed by atoms with Crippen molar-refractivity contribution in [3.8, 4) is 0 Å². The Morgan fingerprint density at radius 3 is 2.31 bits per heavy atom. The lowest BCUT2D eigenvalue weighted by Gasteiger charge is -2.22. The van der Waals surface area contributed by atoms with Crippen LogP contribution in [-0.2, 0) is 14.3 Å². The van der Waals surface area contributed by atoms with Crippen molar-refractivity contribution in [2.75, 3.05) is 13.0 Å². The Bertz CT molecular complexity index is 248. The van der Waals surface area contributed by atoms with Gasteiger partial charge in [0, 0.05) is 11.3 Å². The summed E-state index contributed by atoms with van der Waals surface area (Å²) in [4.78, 5) is 23.1. The minimum absolute atomic E-state index is 0.169. The maximum absolute atomic E-state index is 11.7. The first-order chi connectivity index (χ1) is 7.32. The SMILES string of the molecule is COC(=O)[C@H](CCCCl)NC(=O)C(C)(C)C. The number of alkyl halides is 1. The number of nitrogens with one attached hydrogen (secondary N) is 1. The summed E-state index contributed by atoms with van der Waals surface area (Å²) in [6.45, 7) is 5.37. The maximum atomic E-state index is 11.7. The monoisotopic (exact) mass is 249 g/mol. The molecule has 0 radical (unpaired) electrons. The van der Waals surface area contributed by atoms with Gasteiger partial charge in [-0.05, 0) is 12.8 Å². The highest BCUT2D eigenvalue weighted by Crippen LogP contribution is 2.14. The van der Waals surface area contributed by atoms with Crippen LogP contribution in [0.3, 0.4) is 0 Å². The smallest absolute Gasteiger partial charge is 0.328 e. The molecule has 1 N–H and O–H groups in total. The molecule has 0 aliphatic carbocycles. The Kier molecular flexibility index (Phi) is 6.41. The Morgan fingerprint density at radius 2 is 1.94 bits per heavy atom. The van der Waals surface area contributed by atoms with Crippen molar-refractivity contribution in [2.45, 2.75) is 39.7 Å². The molecule has 0 aromatic carbocycles. The number of methoxy groups -OCH3 is 1. The van der Waals surface area contributed by atoms with E-state index in [1.54, 1.807) is 20.8 Å². The van der Waals surface area contributed by atoms with Gasteiger partial charge in [0.15, 0.2) is 0 Å². The van der Waals surface area contributed by atoms with Gasteiger partial charge in [0.05, 0.1) is 7.11 Å². The zero-order valence-corrected chi connectivity index (χ0v) is 11.1. The van der Waals surface area contributed by atoms with Gasteiger partial charge >= 0.3 is 5.97 Å². The summed E-state index contributed by atoms with van der Waals surface area (Å²) in [5, 5.41) is 2.67. The van der Waals surface area contributed by atoms with Gasteiger partial charge < -0.3 is 10.1 Å². The van der Waals surface area contributed by atoms with Crippen molar-refractivity contribution in [1.82, 2.24) is 5.32 Å². The van der Waals surface area contributed by atoms with E-state index in [-0.39, 0.29) is 5.91 Å². The average Bonchev–Trinajstić information content (AvgIpc) is 2.21. The molecule has 0 unspecified atom stereocenters. The van der Waals surface area contributed by atoms with E-state index in [9.17, 15) is 9.59 Å². The summed E-state index contributed by atoms with van der Waals surface area (Å²) in [6.07, 6.45) is 1.16. The highest BCUT2D eigenvalue weighted by molar-refractivity contribution is 6.17. The van der Waals surface area contributed by atoms with E-state index < -0.39 is 17.4 Å². The number of carbonyl (C=O) groups excluding carboxylic acids is 2. The van der Waals surface area contributed by atoms with Gasteiger partial charge in [0.1, 0.15) is 6.04 Å². The number of carbonyl (C=O) groups is 2. The number of ether oxygens (including phenoxy) is 1. The molecule has 0 spiro atoms. The van der Waals surface area contributed by atoms with Gasteiger partial charge in [-0.15, -0.1) is 11.6 Å². The minimum atomic E-state index is -0.601. The fourth-order valence-electron chi connectivity index (χ4n) is 1.05. The summed E-state index contributed by atoms with van der Waals surface area (Å²) in [5.41, 5.74) is -0.521. The molecule has 16 heavy (non-hydrogen) atoms. The maximum Gasteiger partial charge on any atom is 0.328 e. The zero-order chi connectivity index (χ0) is 12.8. The molecule has 0 aromatic rings. The fourth-order valence-corrected chi connectivity index (χ4v) is 1.20. The molecular weight excluding hydrogens is 230 g/mol. The van der Waals surface area contributed by atoms with Crippen LogP contribution in [0.25, 0.3) is 0 Å². The van der Waals surface area contributed by atoms with Crippen LogP contribution in [0.1, 0.15) is 33.6 Å². The van der Waals surface area contributed by atoms with Crippen LogP contribution >= 0.6 is 11.6 Å². The molecule has 4 nitrogen and oxygen atoms in total. The van der Waals surface area contributed by atoms with E-state index in [1.165, 1.54) is 7.11 Å². The minimum Gasteiger partial charge on any atom is -0.467 e. The number of hydrogen-bond donors (Lipinski definition) is 1. The Labute approximate surface area is 102 Å². The van der Waals surface area contributed by atoms with E-state index in [0.29, 0.717) is 18.7 Å². The van der Waals surface area contributed by atoms with Crippen LogP contribution in [0.5, 0.6) is 0 Å². The van der Waals surface area contributed by atoms with Crippen molar-refractivity contribution in [3.63, 3.8) is 0 Å². The number of rotatable bonds is 5. The first kappa shape index (κ1) is 15.2. The molecule has 0 aromatic heterocycles. The molecule has 0 bridgehead atoms. The van der Waals surface area contributed by atoms with Crippen LogP contribution in [0.2, 0.25) is 0 Å². The van der Waals surface area contributed by atoms with E-state index >= 15 is 0 Å². The summed E-state index contributed by atoms with van der Waals surface area (Å²) in [6, 6.07) is -0.601. The van der Waals surface area contributed by atoms with Crippen LogP contribution in [0.4, 0.5) is 0 Å². The number of hydrogen-bond acceptors (Lipinski definition) is 3. The molecule has 1 atom stereocenters. The highest BCUT2D eigenvalue weighted by Gasteiger charge is 2.27. The summed E-state index contributed by atoms with van der Waals surface area (Å²) in [5.74, 6) is -0.140. The van der Waals surface area contributed by atoms with Gasteiger partial charge in [-0.25, -0.2) is 4.79 Å². The average molecular weight is 250 g/mol. The number of esters is 1. The Hall–Kier alpha value is -0.770. The van der Waals surface area contributed by atoms with Crippen molar-refractivity contribution in [1.29, 1.82) is 0 Å². The molecule has 0 aliphatic heterocycles. The summed E-state index contributed by atoms with van der Waals surface area (Å²) in [7, 11) is 1.30. The van der Waals surface area contributed by atoms with Crippen LogP contribution < -0.4 is 5.32 Å². The molecule has 0 aliphatic rings. The standard InChI is InChI=1S/C11H20ClNO3/c1-11(2,3)10(15)13-8(6-5-7-12)9(14)16-4/h8H,5-7H2,1-4H3,(H,13,15)/t8-/m0/s1. The van der Waals surface area contributed by atoms with Crippen LogP contribution in [0, 0.1) is 5.41 Å². The second-order valence-electron chi connectivity index (χ2n) is 4.63. The first-order valence-electron chi connectivity index (χ1n) is 5.27. The highest BCUT2D eigenvalue weighted by atomic mass is 35.5. The Balaban J connectivity index is 4.42.